The summed E-state index contributed by atoms with van der Waals surface area (Å²) < 4.78 is 13.2. The number of halogens is 1. The minimum absolute atomic E-state index is 0.278. The quantitative estimate of drug-likeness (QED) is 0.880. The van der Waals surface area contributed by atoms with Crippen LogP contribution in [0.4, 0.5) is 4.39 Å². The van der Waals surface area contributed by atoms with Crippen LogP contribution in [0.1, 0.15) is 11.1 Å². The van der Waals surface area contributed by atoms with Gasteiger partial charge in [0, 0.05) is 18.0 Å². The van der Waals surface area contributed by atoms with E-state index >= 15 is 0 Å². The summed E-state index contributed by atoms with van der Waals surface area (Å²) in [6, 6.07) is 4.61. The standard InChI is InChI=1S/C13H14FN3/c1-9-2-3-11(14)6-12(9)13-16-7-10(4-5-15)8-17-13/h2-3,6-8H,4-5,15H2,1H3. The van der Waals surface area contributed by atoms with Gasteiger partial charge < -0.3 is 5.73 Å². The SMILES string of the molecule is Cc1ccc(F)cc1-c1ncc(CCN)cn1. The van der Waals surface area contributed by atoms with E-state index in [1.807, 2.05) is 6.92 Å². The second-order valence-electron chi connectivity index (χ2n) is 3.91. The second kappa shape index (κ2) is 5.01. The minimum Gasteiger partial charge on any atom is -0.330 e. The predicted molar refractivity (Wildman–Crippen MR) is 64.9 cm³/mol. The molecule has 2 aromatic rings. The van der Waals surface area contributed by atoms with E-state index in [1.54, 1.807) is 18.5 Å². The fraction of sp³-hybridized carbons (Fsp3) is 0.231. The molecule has 0 atom stereocenters. The molecule has 3 nitrogen and oxygen atoms in total. The summed E-state index contributed by atoms with van der Waals surface area (Å²) in [6.07, 6.45) is 4.22. The number of rotatable bonds is 3. The largest absolute Gasteiger partial charge is 0.330 e. The van der Waals surface area contributed by atoms with Crippen LogP contribution >= 0.6 is 0 Å². The van der Waals surface area contributed by atoms with Crippen molar-refractivity contribution >= 4 is 0 Å². The Bertz CT molecular complexity index is 509. The van der Waals surface area contributed by atoms with Crippen molar-refractivity contribution in [1.29, 1.82) is 0 Å². The zero-order valence-electron chi connectivity index (χ0n) is 9.65. The molecule has 88 valence electrons. The maximum atomic E-state index is 13.2. The smallest absolute Gasteiger partial charge is 0.159 e. The minimum atomic E-state index is -0.278. The van der Waals surface area contributed by atoms with Crippen LogP contribution in [0.25, 0.3) is 11.4 Å². The van der Waals surface area contributed by atoms with E-state index in [0.717, 1.165) is 23.1 Å². The molecule has 17 heavy (non-hydrogen) atoms. The Hall–Kier alpha value is -1.81. The molecule has 1 heterocycles. The first-order chi connectivity index (χ1) is 8.20. The van der Waals surface area contributed by atoms with Gasteiger partial charge in [-0.1, -0.05) is 6.07 Å². The van der Waals surface area contributed by atoms with Gasteiger partial charge >= 0.3 is 0 Å². The van der Waals surface area contributed by atoms with Crippen molar-refractivity contribution in [2.24, 2.45) is 5.73 Å². The summed E-state index contributed by atoms with van der Waals surface area (Å²) in [6.45, 7) is 2.48. The summed E-state index contributed by atoms with van der Waals surface area (Å²) in [5, 5.41) is 0. The van der Waals surface area contributed by atoms with E-state index in [1.165, 1.54) is 12.1 Å². The molecule has 0 radical (unpaired) electrons. The number of nitrogens with zero attached hydrogens (tertiary/aromatic N) is 2. The molecule has 0 spiro atoms. The molecule has 0 saturated heterocycles. The van der Waals surface area contributed by atoms with Gasteiger partial charge in [0.25, 0.3) is 0 Å². The maximum Gasteiger partial charge on any atom is 0.159 e. The van der Waals surface area contributed by atoms with E-state index < -0.39 is 0 Å². The van der Waals surface area contributed by atoms with Crippen LogP contribution in [0.15, 0.2) is 30.6 Å². The lowest BCUT2D eigenvalue weighted by molar-refractivity contribution is 0.627. The lowest BCUT2D eigenvalue weighted by Crippen LogP contribution is -2.04. The first-order valence-electron chi connectivity index (χ1n) is 5.48. The molecule has 0 aliphatic carbocycles. The average Bonchev–Trinajstić information content (AvgIpc) is 2.34. The van der Waals surface area contributed by atoms with Gasteiger partial charge in [-0.2, -0.15) is 0 Å². The van der Waals surface area contributed by atoms with Crippen LogP contribution in [-0.4, -0.2) is 16.5 Å². The zero-order chi connectivity index (χ0) is 12.3. The molecule has 0 fully saturated rings. The zero-order valence-corrected chi connectivity index (χ0v) is 9.65. The molecule has 0 saturated carbocycles. The molecular weight excluding hydrogens is 217 g/mol. The van der Waals surface area contributed by atoms with Crippen LogP contribution in [0.5, 0.6) is 0 Å². The van der Waals surface area contributed by atoms with Gasteiger partial charge in [0.15, 0.2) is 5.82 Å². The normalized spacial score (nSPS) is 10.5. The van der Waals surface area contributed by atoms with E-state index in [4.69, 9.17) is 5.73 Å². The monoisotopic (exact) mass is 231 g/mol. The summed E-state index contributed by atoms with van der Waals surface area (Å²) in [5.74, 6) is 0.267. The molecule has 0 bridgehead atoms. The summed E-state index contributed by atoms with van der Waals surface area (Å²) in [7, 11) is 0. The molecule has 0 aliphatic heterocycles. The molecule has 0 aliphatic rings. The van der Waals surface area contributed by atoms with Gasteiger partial charge in [-0.05, 0) is 43.1 Å². The molecular formula is C13H14FN3. The maximum absolute atomic E-state index is 13.2. The third-order valence-corrected chi connectivity index (χ3v) is 2.58. The Morgan fingerprint density at radius 2 is 1.94 bits per heavy atom. The highest BCUT2D eigenvalue weighted by molar-refractivity contribution is 5.59. The summed E-state index contributed by atoms with van der Waals surface area (Å²) in [4.78, 5) is 8.47. The molecule has 2 N–H and O–H groups in total. The fourth-order valence-corrected chi connectivity index (χ4v) is 1.62. The molecule has 0 unspecified atom stereocenters. The lowest BCUT2D eigenvalue weighted by Gasteiger charge is -2.05. The Kier molecular flexibility index (Phi) is 3.44. The molecule has 1 aromatic heterocycles. The first kappa shape index (κ1) is 11.7. The first-order valence-corrected chi connectivity index (χ1v) is 5.48. The summed E-state index contributed by atoms with van der Waals surface area (Å²) in [5.41, 5.74) is 8.12. The third kappa shape index (κ3) is 2.65. The van der Waals surface area contributed by atoms with Gasteiger partial charge in [-0.3, -0.25) is 0 Å². The number of aryl methyl sites for hydroxylation is 1. The van der Waals surface area contributed by atoms with Gasteiger partial charge in [0.2, 0.25) is 0 Å². The van der Waals surface area contributed by atoms with Crippen molar-refractivity contribution in [2.45, 2.75) is 13.3 Å². The highest BCUT2D eigenvalue weighted by Gasteiger charge is 2.06. The Morgan fingerprint density at radius 1 is 1.24 bits per heavy atom. The van der Waals surface area contributed by atoms with E-state index in [9.17, 15) is 4.39 Å². The molecule has 1 aromatic carbocycles. The summed E-state index contributed by atoms with van der Waals surface area (Å²) >= 11 is 0. The van der Waals surface area contributed by atoms with E-state index in [0.29, 0.717) is 12.4 Å². The fourth-order valence-electron chi connectivity index (χ4n) is 1.62. The van der Waals surface area contributed by atoms with Crippen LogP contribution in [0.2, 0.25) is 0 Å². The van der Waals surface area contributed by atoms with E-state index in [-0.39, 0.29) is 5.82 Å². The number of aromatic nitrogens is 2. The number of hydrogen-bond donors (Lipinski definition) is 1. The topological polar surface area (TPSA) is 51.8 Å². The van der Waals surface area contributed by atoms with Gasteiger partial charge in [-0.25, -0.2) is 14.4 Å². The van der Waals surface area contributed by atoms with Gasteiger partial charge in [0.1, 0.15) is 5.82 Å². The predicted octanol–water partition coefficient (Wildman–Crippen LogP) is 2.09. The third-order valence-electron chi connectivity index (χ3n) is 2.58. The van der Waals surface area contributed by atoms with Crippen molar-refractivity contribution in [1.82, 2.24) is 9.97 Å². The highest BCUT2D eigenvalue weighted by atomic mass is 19.1. The Balaban J connectivity index is 2.36. The van der Waals surface area contributed by atoms with Crippen LogP contribution in [0, 0.1) is 12.7 Å². The number of nitrogens with two attached hydrogens (primary N) is 1. The number of hydrogen-bond acceptors (Lipinski definition) is 3. The van der Waals surface area contributed by atoms with Crippen molar-refractivity contribution in [3.8, 4) is 11.4 Å². The average molecular weight is 231 g/mol. The highest BCUT2D eigenvalue weighted by Crippen LogP contribution is 2.20. The van der Waals surface area contributed by atoms with E-state index in [2.05, 4.69) is 9.97 Å². The van der Waals surface area contributed by atoms with Crippen molar-refractivity contribution < 1.29 is 4.39 Å². The number of benzene rings is 1. The van der Waals surface area contributed by atoms with Crippen molar-refractivity contribution in [3.05, 3.63) is 47.5 Å². The van der Waals surface area contributed by atoms with Crippen LogP contribution < -0.4 is 5.73 Å². The van der Waals surface area contributed by atoms with Crippen molar-refractivity contribution in [3.63, 3.8) is 0 Å². The molecule has 2 rings (SSSR count). The molecule has 4 heteroatoms. The Labute approximate surface area is 99.5 Å². The van der Waals surface area contributed by atoms with Crippen molar-refractivity contribution in [2.75, 3.05) is 6.54 Å². The second-order valence-corrected chi connectivity index (χ2v) is 3.91. The molecule has 0 amide bonds. The Morgan fingerprint density at radius 3 is 2.59 bits per heavy atom. The van der Waals surface area contributed by atoms with Gasteiger partial charge in [-0.15, -0.1) is 0 Å². The van der Waals surface area contributed by atoms with Crippen LogP contribution in [-0.2, 0) is 6.42 Å². The van der Waals surface area contributed by atoms with Gasteiger partial charge in [0.05, 0.1) is 0 Å². The van der Waals surface area contributed by atoms with Crippen LogP contribution in [0.3, 0.4) is 0 Å². The lowest BCUT2D eigenvalue weighted by atomic mass is 10.1.